The number of esters is 1. The summed E-state index contributed by atoms with van der Waals surface area (Å²) in [6.45, 7) is 6.57. The van der Waals surface area contributed by atoms with E-state index < -0.39 is 5.97 Å². The van der Waals surface area contributed by atoms with Crippen LogP contribution < -0.4 is 9.47 Å². The molecule has 0 N–H and O–H groups in total. The second-order valence-corrected chi connectivity index (χ2v) is 7.99. The molecule has 2 unspecified atom stereocenters. The van der Waals surface area contributed by atoms with Gasteiger partial charge in [-0.3, -0.25) is 4.79 Å². The highest BCUT2D eigenvalue weighted by molar-refractivity contribution is 5.89. The number of aryl methyl sites for hydroxylation is 1. The summed E-state index contributed by atoms with van der Waals surface area (Å²) in [6, 6.07) is 14.8. The summed E-state index contributed by atoms with van der Waals surface area (Å²) in [5.74, 6) is 0.900. The molecule has 2 aromatic carbocycles. The lowest BCUT2D eigenvalue weighted by atomic mass is 9.97. The average Bonchev–Trinajstić information content (AvgIpc) is 2.76. The highest BCUT2D eigenvalue weighted by Crippen LogP contribution is 2.23. The van der Waals surface area contributed by atoms with Crippen LogP contribution in [0.25, 0.3) is 0 Å². The molecule has 2 aromatic rings. The van der Waals surface area contributed by atoms with Crippen LogP contribution in [0.2, 0.25) is 0 Å². The Labute approximate surface area is 184 Å². The first-order chi connectivity index (χ1) is 15.0. The molecule has 0 saturated carbocycles. The zero-order valence-electron chi connectivity index (χ0n) is 18.5. The van der Waals surface area contributed by atoms with Crippen molar-refractivity contribution in [2.45, 2.75) is 52.1 Å². The van der Waals surface area contributed by atoms with Crippen molar-refractivity contribution in [2.75, 3.05) is 19.8 Å². The van der Waals surface area contributed by atoms with E-state index in [1.165, 1.54) is 0 Å². The first-order valence-corrected chi connectivity index (χ1v) is 10.9. The van der Waals surface area contributed by atoms with Gasteiger partial charge in [-0.1, -0.05) is 18.2 Å². The maximum Gasteiger partial charge on any atom is 0.338 e. The fraction of sp³-hybridized carbons (Fsp3) is 0.440. The van der Waals surface area contributed by atoms with E-state index in [9.17, 15) is 9.59 Å². The lowest BCUT2D eigenvalue weighted by Gasteiger charge is -2.38. The van der Waals surface area contributed by atoms with Crippen LogP contribution in [-0.2, 0) is 9.53 Å². The Morgan fingerprint density at radius 3 is 2.29 bits per heavy atom. The molecule has 0 aliphatic carbocycles. The van der Waals surface area contributed by atoms with Gasteiger partial charge in [0, 0.05) is 12.1 Å². The Kier molecular flexibility index (Phi) is 7.93. The summed E-state index contributed by atoms with van der Waals surface area (Å²) in [6.07, 6.45) is 3.22. The minimum absolute atomic E-state index is 0.00293. The highest BCUT2D eigenvalue weighted by Gasteiger charge is 2.28. The summed E-state index contributed by atoms with van der Waals surface area (Å²) in [5.41, 5.74) is 1.46. The molecule has 1 heterocycles. The van der Waals surface area contributed by atoms with Crippen LogP contribution in [0.15, 0.2) is 48.5 Å². The summed E-state index contributed by atoms with van der Waals surface area (Å²) in [5, 5.41) is 0. The number of para-hydroxylation sites is 1. The molecule has 1 aliphatic heterocycles. The third-order valence-electron chi connectivity index (χ3n) is 5.60. The second kappa shape index (κ2) is 10.8. The number of rotatable bonds is 8. The largest absolute Gasteiger partial charge is 0.490 e. The number of carbonyl (C=O) groups is 2. The molecule has 3 rings (SSSR count). The number of nitrogens with zero attached hydrogens (tertiary/aromatic N) is 1. The third-order valence-corrected chi connectivity index (χ3v) is 5.60. The van der Waals surface area contributed by atoms with Gasteiger partial charge in [0.1, 0.15) is 24.7 Å². The van der Waals surface area contributed by atoms with Crippen molar-refractivity contribution in [1.82, 2.24) is 4.90 Å². The van der Waals surface area contributed by atoms with Gasteiger partial charge in [-0.2, -0.15) is 0 Å². The fourth-order valence-electron chi connectivity index (χ4n) is 3.91. The van der Waals surface area contributed by atoms with E-state index in [-0.39, 0.29) is 37.8 Å². The Morgan fingerprint density at radius 1 is 0.935 bits per heavy atom. The van der Waals surface area contributed by atoms with Crippen LogP contribution in [0.4, 0.5) is 0 Å². The quantitative estimate of drug-likeness (QED) is 0.463. The fourth-order valence-corrected chi connectivity index (χ4v) is 3.91. The van der Waals surface area contributed by atoms with E-state index in [4.69, 9.17) is 14.2 Å². The summed E-state index contributed by atoms with van der Waals surface area (Å²) in [4.78, 5) is 26.7. The average molecular weight is 426 g/mol. The molecule has 31 heavy (non-hydrogen) atoms. The van der Waals surface area contributed by atoms with E-state index in [2.05, 4.69) is 13.8 Å². The molecule has 2 atom stereocenters. The van der Waals surface area contributed by atoms with Gasteiger partial charge in [0.2, 0.25) is 0 Å². The van der Waals surface area contributed by atoms with E-state index in [1.807, 2.05) is 36.1 Å². The van der Waals surface area contributed by atoms with Gasteiger partial charge in [0.15, 0.2) is 6.61 Å². The molecule has 1 saturated heterocycles. The maximum absolute atomic E-state index is 12.6. The molecule has 0 aromatic heterocycles. The lowest BCUT2D eigenvalue weighted by Crippen LogP contribution is -2.49. The van der Waals surface area contributed by atoms with E-state index in [1.54, 1.807) is 24.3 Å². The topological polar surface area (TPSA) is 65.1 Å². The smallest absolute Gasteiger partial charge is 0.338 e. The third kappa shape index (κ3) is 6.23. The van der Waals surface area contributed by atoms with Gasteiger partial charge in [-0.05, 0) is 75.9 Å². The van der Waals surface area contributed by atoms with Gasteiger partial charge in [-0.25, -0.2) is 4.79 Å². The standard InChI is InChI=1S/C25H31NO5/c1-18-7-4-5-10-23(18)29-15-16-30-25(28)21-11-13-22(14-12-21)31-17-24(27)26-19(2)8-6-9-20(26)3/h4-5,7,10-14,19-20H,6,8-9,15-17H2,1-3H3. The van der Waals surface area contributed by atoms with Crippen molar-refractivity contribution >= 4 is 11.9 Å². The summed E-state index contributed by atoms with van der Waals surface area (Å²) >= 11 is 0. The van der Waals surface area contributed by atoms with Crippen molar-refractivity contribution in [2.24, 2.45) is 0 Å². The molecule has 0 radical (unpaired) electrons. The van der Waals surface area contributed by atoms with E-state index in [0.29, 0.717) is 11.3 Å². The molecule has 0 spiro atoms. The van der Waals surface area contributed by atoms with Crippen molar-refractivity contribution < 1.29 is 23.8 Å². The van der Waals surface area contributed by atoms with Crippen LogP contribution in [-0.4, -0.2) is 48.7 Å². The number of benzene rings is 2. The van der Waals surface area contributed by atoms with E-state index in [0.717, 1.165) is 30.6 Å². The maximum atomic E-state index is 12.6. The zero-order valence-corrected chi connectivity index (χ0v) is 18.5. The van der Waals surface area contributed by atoms with E-state index >= 15 is 0 Å². The number of likely N-dealkylation sites (tertiary alicyclic amines) is 1. The number of carbonyl (C=O) groups excluding carboxylic acids is 2. The number of ether oxygens (including phenoxy) is 3. The number of hydrogen-bond acceptors (Lipinski definition) is 5. The van der Waals surface area contributed by atoms with Gasteiger partial charge in [0.25, 0.3) is 5.91 Å². The monoisotopic (exact) mass is 425 g/mol. The number of piperidine rings is 1. The minimum atomic E-state index is -0.424. The molecule has 1 aliphatic rings. The Morgan fingerprint density at radius 2 is 1.61 bits per heavy atom. The molecule has 1 fully saturated rings. The zero-order chi connectivity index (χ0) is 22.2. The summed E-state index contributed by atoms with van der Waals surface area (Å²) in [7, 11) is 0. The van der Waals surface area contributed by atoms with Gasteiger partial charge < -0.3 is 19.1 Å². The first-order valence-electron chi connectivity index (χ1n) is 10.9. The Bertz CT molecular complexity index is 870. The normalized spacial score (nSPS) is 18.4. The molecule has 1 amide bonds. The predicted molar refractivity (Wildman–Crippen MR) is 119 cm³/mol. The molecular weight excluding hydrogens is 394 g/mol. The molecular formula is C25H31NO5. The highest BCUT2D eigenvalue weighted by atomic mass is 16.6. The van der Waals surface area contributed by atoms with Crippen LogP contribution >= 0.6 is 0 Å². The molecule has 6 nitrogen and oxygen atoms in total. The van der Waals surface area contributed by atoms with Crippen molar-refractivity contribution in [3.63, 3.8) is 0 Å². The van der Waals surface area contributed by atoms with Crippen LogP contribution in [0.3, 0.4) is 0 Å². The van der Waals surface area contributed by atoms with Crippen LogP contribution in [0.1, 0.15) is 49.0 Å². The van der Waals surface area contributed by atoms with Crippen molar-refractivity contribution in [3.05, 3.63) is 59.7 Å². The molecule has 0 bridgehead atoms. The van der Waals surface area contributed by atoms with Gasteiger partial charge >= 0.3 is 5.97 Å². The lowest BCUT2D eigenvalue weighted by molar-refractivity contribution is -0.139. The van der Waals surface area contributed by atoms with Gasteiger partial charge in [-0.15, -0.1) is 0 Å². The second-order valence-electron chi connectivity index (χ2n) is 7.99. The summed E-state index contributed by atoms with van der Waals surface area (Å²) < 4.78 is 16.5. The number of hydrogen-bond donors (Lipinski definition) is 0. The van der Waals surface area contributed by atoms with Crippen molar-refractivity contribution in [1.29, 1.82) is 0 Å². The van der Waals surface area contributed by atoms with Crippen molar-refractivity contribution in [3.8, 4) is 11.5 Å². The number of amides is 1. The van der Waals surface area contributed by atoms with Crippen LogP contribution in [0, 0.1) is 6.92 Å². The Balaban J connectivity index is 1.42. The Hall–Kier alpha value is -3.02. The van der Waals surface area contributed by atoms with Crippen LogP contribution in [0.5, 0.6) is 11.5 Å². The minimum Gasteiger partial charge on any atom is -0.490 e. The SMILES string of the molecule is Cc1ccccc1OCCOC(=O)c1ccc(OCC(=O)N2C(C)CCCC2C)cc1. The molecule has 6 heteroatoms. The molecule has 166 valence electrons. The van der Waals surface area contributed by atoms with Gasteiger partial charge in [0.05, 0.1) is 5.56 Å². The first kappa shape index (κ1) is 22.7. The predicted octanol–water partition coefficient (Wildman–Crippen LogP) is 4.40.